The average molecular weight is 524 g/mol. The number of sulfonamides is 1. The Morgan fingerprint density at radius 3 is 2.34 bits per heavy atom. The molecule has 10 heteroatoms. The zero-order valence-electron chi connectivity index (χ0n) is 20.1. The van der Waals surface area contributed by atoms with Gasteiger partial charge in [0, 0.05) is 17.6 Å². The topological polar surface area (TPSA) is 86.8 Å². The average Bonchev–Trinajstić information content (AvgIpc) is 3.30. The van der Waals surface area contributed by atoms with Gasteiger partial charge in [0.1, 0.15) is 18.4 Å². The van der Waals surface area contributed by atoms with E-state index in [1.807, 2.05) is 0 Å². The second kappa shape index (κ2) is 11.4. The molecule has 1 fully saturated rings. The van der Waals surface area contributed by atoms with Crippen molar-refractivity contribution in [3.63, 3.8) is 0 Å². The van der Waals surface area contributed by atoms with Crippen LogP contribution in [-0.4, -0.2) is 50.0 Å². The summed E-state index contributed by atoms with van der Waals surface area (Å²) < 4.78 is 39.6. The highest BCUT2D eigenvalue weighted by Gasteiger charge is 2.31. The van der Waals surface area contributed by atoms with Gasteiger partial charge < -0.3 is 10.2 Å². The molecular weight excluding hydrogens is 493 g/mol. The van der Waals surface area contributed by atoms with E-state index in [1.165, 1.54) is 35.2 Å². The lowest BCUT2D eigenvalue weighted by atomic mass is 10.1. The van der Waals surface area contributed by atoms with Crippen molar-refractivity contribution in [2.75, 3.05) is 17.1 Å². The molecule has 0 aromatic heterocycles. The number of halogens is 2. The summed E-state index contributed by atoms with van der Waals surface area (Å²) in [7, 11) is -3.84. The SMILES string of the molecule is Cc1ccc(N(CC(=O)N(Cc2ccc(F)cc2)[C@H](C)C(=O)NC2CCCC2)S(C)(=O)=O)cc1Cl. The van der Waals surface area contributed by atoms with E-state index >= 15 is 0 Å². The lowest BCUT2D eigenvalue weighted by Crippen LogP contribution is -2.52. The van der Waals surface area contributed by atoms with Gasteiger partial charge in [0.15, 0.2) is 0 Å². The summed E-state index contributed by atoms with van der Waals surface area (Å²) in [6.07, 6.45) is 4.87. The van der Waals surface area contributed by atoms with Crippen LogP contribution in [0.3, 0.4) is 0 Å². The van der Waals surface area contributed by atoms with Gasteiger partial charge >= 0.3 is 0 Å². The fraction of sp³-hybridized carbons (Fsp3) is 0.440. The molecule has 0 spiro atoms. The number of carbonyl (C=O) groups excluding carboxylic acids is 2. The Labute approximate surface area is 211 Å². The Morgan fingerprint density at radius 1 is 1.14 bits per heavy atom. The van der Waals surface area contributed by atoms with Crippen LogP contribution in [0.1, 0.15) is 43.7 Å². The van der Waals surface area contributed by atoms with Crippen LogP contribution in [-0.2, 0) is 26.2 Å². The van der Waals surface area contributed by atoms with Gasteiger partial charge in [-0.05, 0) is 62.1 Å². The van der Waals surface area contributed by atoms with Crippen molar-refractivity contribution in [2.24, 2.45) is 0 Å². The molecule has 0 heterocycles. The van der Waals surface area contributed by atoms with Crippen LogP contribution in [0.4, 0.5) is 10.1 Å². The minimum absolute atomic E-state index is 0.0185. The minimum atomic E-state index is -3.84. The van der Waals surface area contributed by atoms with E-state index in [9.17, 15) is 22.4 Å². The molecule has 2 amide bonds. The Morgan fingerprint density at radius 2 is 1.77 bits per heavy atom. The van der Waals surface area contributed by atoms with Gasteiger partial charge in [-0.2, -0.15) is 0 Å². The van der Waals surface area contributed by atoms with Crippen molar-refractivity contribution in [3.05, 3.63) is 64.4 Å². The van der Waals surface area contributed by atoms with Crippen LogP contribution in [0.15, 0.2) is 42.5 Å². The minimum Gasteiger partial charge on any atom is -0.352 e. The number of hydrogen-bond acceptors (Lipinski definition) is 4. The summed E-state index contributed by atoms with van der Waals surface area (Å²) in [5.74, 6) is -1.29. The third-order valence-electron chi connectivity index (χ3n) is 6.26. The summed E-state index contributed by atoms with van der Waals surface area (Å²) in [5, 5.41) is 3.37. The number of carbonyl (C=O) groups is 2. The van der Waals surface area contributed by atoms with E-state index in [2.05, 4.69) is 5.32 Å². The summed E-state index contributed by atoms with van der Waals surface area (Å²) in [5.41, 5.74) is 1.64. The van der Waals surface area contributed by atoms with E-state index in [-0.39, 0.29) is 24.2 Å². The van der Waals surface area contributed by atoms with Crippen LogP contribution < -0.4 is 9.62 Å². The quantitative estimate of drug-likeness (QED) is 0.537. The summed E-state index contributed by atoms with van der Waals surface area (Å²) in [6, 6.07) is 9.56. The maximum absolute atomic E-state index is 13.5. The normalized spacial score (nSPS) is 15.0. The van der Waals surface area contributed by atoms with E-state index < -0.39 is 34.3 Å². The molecule has 1 N–H and O–H groups in total. The van der Waals surface area contributed by atoms with Gasteiger partial charge in [0.2, 0.25) is 21.8 Å². The maximum atomic E-state index is 13.5. The molecular formula is C25H31ClFN3O4S. The molecule has 2 aromatic rings. The first-order valence-corrected chi connectivity index (χ1v) is 13.8. The van der Waals surface area contributed by atoms with Gasteiger partial charge in [-0.25, -0.2) is 12.8 Å². The van der Waals surface area contributed by atoms with E-state index in [1.54, 1.807) is 26.0 Å². The van der Waals surface area contributed by atoms with Crippen molar-refractivity contribution < 1.29 is 22.4 Å². The predicted molar refractivity (Wildman–Crippen MR) is 135 cm³/mol. The molecule has 0 radical (unpaired) electrons. The smallest absolute Gasteiger partial charge is 0.244 e. The van der Waals surface area contributed by atoms with Crippen molar-refractivity contribution in [1.29, 1.82) is 0 Å². The molecule has 190 valence electrons. The van der Waals surface area contributed by atoms with Crippen LogP contribution in [0.5, 0.6) is 0 Å². The molecule has 1 atom stereocenters. The molecule has 1 aliphatic carbocycles. The Kier molecular flexibility index (Phi) is 8.77. The van der Waals surface area contributed by atoms with Crippen molar-refractivity contribution in [3.8, 4) is 0 Å². The predicted octanol–water partition coefficient (Wildman–Crippen LogP) is 4.03. The fourth-order valence-corrected chi connectivity index (χ4v) is 5.13. The number of amides is 2. The largest absolute Gasteiger partial charge is 0.352 e. The first kappa shape index (κ1) is 26.9. The van der Waals surface area contributed by atoms with Gasteiger partial charge in [-0.1, -0.05) is 42.6 Å². The number of hydrogen-bond donors (Lipinski definition) is 1. The molecule has 3 rings (SSSR count). The summed E-state index contributed by atoms with van der Waals surface area (Å²) in [6.45, 7) is 2.90. The zero-order chi connectivity index (χ0) is 25.8. The van der Waals surface area contributed by atoms with Crippen molar-refractivity contribution in [2.45, 2.75) is 58.2 Å². The fourth-order valence-electron chi connectivity index (χ4n) is 4.11. The molecule has 0 aliphatic heterocycles. The number of aryl methyl sites for hydroxylation is 1. The first-order chi connectivity index (χ1) is 16.5. The lowest BCUT2D eigenvalue weighted by molar-refractivity contribution is -0.139. The molecule has 1 saturated carbocycles. The number of benzene rings is 2. The lowest BCUT2D eigenvalue weighted by Gasteiger charge is -2.32. The summed E-state index contributed by atoms with van der Waals surface area (Å²) in [4.78, 5) is 27.8. The molecule has 0 saturated heterocycles. The van der Waals surface area contributed by atoms with Crippen molar-refractivity contribution in [1.82, 2.24) is 10.2 Å². The van der Waals surface area contributed by atoms with Crippen LogP contribution in [0, 0.1) is 12.7 Å². The Bertz CT molecular complexity index is 1170. The zero-order valence-corrected chi connectivity index (χ0v) is 21.7. The van der Waals surface area contributed by atoms with Gasteiger partial charge in [0.25, 0.3) is 0 Å². The molecule has 0 bridgehead atoms. The van der Waals surface area contributed by atoms with E-state index in [0.29, 0.717) is 10.6 Å². The second-order valence-corrected chi connectivity index (χ2v) is 11.3. The number of nitrogens with one attached hydrogen (secondary N) is 1. The first-order valence-electron chi connectivity index (χ1n) is 11.5. The van der Waals surface area contributed by atoms with Gasteiger partial charge in [-0.3, -0.25) is 13.9 Å². The molecule has 35 heavy (non-hydrogen) atoms. The number of rotatable bonds is 9. The number of nitrogens with zero attached hydrogens (tertiary/aromatic N) is 2. The van der Waals surface area contributed by atoms with Gasteiger partial charge in [-0.15, -0.1) is 0 Å². The highest BCUT2D eigenvalue weighted by molar-refractivity contribution is 7.92. The maximum Gasteiger partial charge on any atom is 0.244 e. The third-order valence-corrected chi connectivity index (χ3v) is 7.81. The van der Waals surface area contributed by atoms with Gasteiger partial charge in [0.05, 0.1) is 11.9 Å². The Balaban J connectivity index is 1.88. The van der Waals surface area contributed by atoms with E-state index in [0.717, 1.165) is 41.8 Å². The standard InChI is InChI=1S/C25H31ClFN3O4S/c1-17-8-13-22(14-23(17)26)30(35(3,33)34)16-24(31)29(15-19-9-11-20(27)12-10-19)18(2)25(32)28-21-6-4-5-7-21/h8-14,18,21H,4-7,15-16H2,1-3H3,(H,28,32)/t18-/m1/s1. The van der Waals surface area contributed by atoms with E-state index in [4.69, 9.17) is 11.6 Å². The summed E-state index contributed by atoms with van der Waals surface area (Å²) >= 11 is 6.20. The Hall–Kier alpha value is -2.65. The van der Waals surface area contributed by atoms with Crippen LogP contribution in [0.2, 0.25) is 5.02 Å². The molecule has 0 unspecified atom stereocenters. The monoisotopic (exact) mass is 523 g/mol. The molecule has 7 nitrogen and oxygen atoms in total. The third kappa shape index (κ3) is 7.18. The highest BCUT2D eigenvalue weighted by Crippen LogP contribution is 2.25. The molecule has 1 aliphatic rings. The number of anilines is 1. The van der Waals surface area contributed by atoms with Crippen molar-refractivity contribution >= 4 is 39.1 Å². The van der Waals surface area contributed by atoms with Crippen LogP contribution in [0.25, 0.3) is 0 Å². The van der Waals surface area contributed by atoms with Crippen LogP contribution >= 0.6 is 11.6 Å². The highest BCUT2D eigenvalue weighted by atomic mass is 35.5. The molecule has 2 aromatic carbocycles. The second-order valence-electron chi connectivity index (χ2n) is 9.02.